The Hall–Kier alpha value is -1.90. The standard InChI is InChI=1S/C18H21BrN2O4S/c1-3-21(13-18(22)20-15-7-5-6-14(19)12-15)26(23,24)17-10-8-16(9-11-17)25-4-2/h5-12H,3-4,13H2,1-2H3,(H,20,22). The molecule has 0 fully saturated rings. The average Bonchev–Trinajstić information content (AvgIpc) is 2.60. The lowest BCUT2D eigenvalue weighted by atomic mass is 10.3. The molecule has 0 spiro atoms. The first-order valence-corrected chi connectivity index (χ1v) is 10.4. The van der Waals surface area contributed by atoms with Gasteiger partial charge in [-0.15, -0.1) is 0 Å². The van der Waals surface area contributed by atoms with Crippen LogP contribution in [0.2, 0.25) is 0 Å². The molecule has 0 saturated carbocycles. The highest BCUT2D eigenvalue weighted by Crippen LogP contribution is 2.20. The van der Waals surface area contributed by atoms with Gasteiger partial charge in [-0.25, -0.2) is 8.42 Å². The van der Waals surface area contributed by atoms with Gasteiger partial charge in [0.05, 0.1) is 18.0 Å². The third-order valence-electron chi connectivity index (χ3n) is 3.55. The van der Waals surface area contributed by atoms with E-state index < -0.39 is 15.9 Å². The second kappa shape index (κ2) is 9.16. The minimum absolute atomic E-state index is 0.123. The number of carbonyl (C=O) groups excluding carboxylic acids is 1. The molecule has 2 aromatic carbocycles. The van der Waals surface area contributed by atoms with Crippen LogP contribution in [0.5, 0.6) is 5.75 Å². The van der Waals surface area contributed by atoms with Gasteiger partial charge in [0.1, 0.15) is 5.75 Å². The van der Waals surface area contributed by atoms with E-state index >= 15 is 0 Å². The Morgan fingerprint density at radius 1 is 1.15 bits per heavy atom. The van der Waals surface area contributed by atoms with Crippen molar-refractivity contribution in [2.24, 2.45) is 0 Å². The second-order valence-electron chi connectivity index (χ2n) is 5.39. The molecule has 0 unspecified atom stereocenters. The van der Waals surface area contributed by atoms with Crippen LogP contribution in [0.3, 0.4) is 0 Å². The Kier molecular flexibility index (Phi) is 7.19. The van der Waals surface area contributed by atoms with Gasteiger partial charge in [0.25, 0.3) is 0 Å². The molecule has 0 atom stereocenters. The van der Waals surface area contributed by atoms with E-state index in [1.807, 2.05) is 13.0 Å². The summed E-state index contributed by atoms with van der Waals surface area (Å²) in [5.74, 6) is 0.196. The molecule has 140 valence electrons. The lowest BCUT2D eigenvalue weighted by Crippen LogP contribution is -2.37. The van der Waals surface area contributed by atoms with Crippen molar-refractivity contribution >= 4 is 37.5 Å². The van der Waals surface area contributed by atoms with Gasteiger partial charge in [0, 0.05) is 16.7 Å². The van der Waals surface area contributed by atoms with Crippen molar-refractivity contribution in [3.8, 4) is 5.75 Å². The van der Waals surface area contributed by atoms with Gasteiger partial charge in [0.15, 0.2) is 0 Å². The Morgan fingerprint density at radius 2 is 1.85 bits per heavy atom. The quantitative estimate of drug-likeness (QED) is 0.681. The van der Waals surface area contributed by atoms with Gasteiger partial charge in [-0.3, -0.25) is 4.79 Å². The van der Waals surface area contributed by atoms with Gasteiger partial charge in [-0.1, -0.05) is 28.9 Å². The summed E-state index contributed by atoms with van der Waals surface area (Å²) in [4.78, 5) is 12.4. The van der Waals surface area contributed by atoms with Crippen LogP contribution in [0.4, 0.5) is 5.69 Å². The van der Waals surface area contributed by atoms with E-state index in [1.54, 1.807) is 37.3 Å². The zero-order chi connectivity index (χ0) is 19.2. The Balaban J connectivity index is 2.11. The first-order chi connectivity index (χ1) is 12.4. The topological polar surface area (TPSA) is 75.7 Å². The van der Waals surface area contributed by atoms with Crippen LogP contribution in [-0.4, -0.2) is 38.3 Å². The first kappa shape index (κ1) is 20.4. The highest BCUT2D eigenvalue weighted by Gasteiger charge is 2.25. The summed E-state index contributed by atoms with van der Waals surface area (Å²) in [6, 6.07) is 13.3. The minimum atomic E-state index is -3.77. The Morgan fingerprint density at radius 3 is 2.42 bits per heavy atom. The zero-order valence-electron chi connectivity index (χ0n) is 14.6. The fraction of sp³-hybridized carbons (Fsp3) is 0.278. The van der Waals surface area contributed by atoms with Crippen molar-refractivity contribution < 1.29 is 17.9 Å². The van der Waals surface area contributed by atoms with Crippen molar-refractivity contribution in [1.29, 1.82) is 0 Å². The summed E-state index contributed by atoms with van der Waals surface area (Å²) in [6.07, 6.45) is 0. The maximum Gasteiger partial charge on any atom is 0.243 e. The van der Waals surface area contributed by atoms with Crippen LogP contribution in [0.15, 0.2) is 57.9 Å². The number of benzene rings is 2. The molecule has 1 N–H and O–H groups in total. The fourth-order valence-electron chi connectivity index (χ4n) is 2.32. The Labute approximate surface area is 162 Å². The fourth-order valence-corrected chi connectivity index (χ4v) is 4.12. The van der Waals surface area contributed by atoms with E-state index in [1.165, 1.54) is 12.1 Å². The summed E-state index contributed by atoms with van der Waals surface area (Å²) >= 11 is 3.33. The summed E-state index contributed by atoms with van der Waals surface area (Å²) in [6.45, 7) is 3.97. The number of hydrogen-bond acceptors (Lipinski definition) is 4. The number of carbonyl (C=O) groups is 1. The summed E-state index contributed by atoms with van der Waals surface area (Å²) in [5, 5.41) is 2.70. The molecular weight excluding hydrogens is 420 g/mol. The highest BCUT2D eigenvalue weighted by atomic mass is 79.9. The minimum Gasteiger partial charge on any atom is -0.494 e. The normalized spacial score (nSPS) is 11.4. The van der Waals surface area contributed by atoms with E-state index in [9.17, 15) is 13.2 Å². The van der Waals surface area contributed by atoms with E-state index in [-0.39, 0.29) is 18.0 Å². The molecule has 26 heavy (non-hydrogen) atoms. The molecule has 0 heterocycles. The number of likely N-dealkylation sites (N-methyl/N-ethyl adjacent to an activating group) is 1. The third-order valence-corrected chi connectivity index (χ3v) is 5.98. The molecule has 0 saturated heterocycles. The summed E-state index contributed by atoms with van der Waals surface area (Å²) in [5.41, 5.74) is 0.596. The number of ether oxygens (including phenoxy) is 1. The first-order valence-electron chi connectivity index (χ1n) is 8.15. The van der Waals surface area contributed by atoms with Crippen LogP contribution in [0.25, 0.3) is 0 Å². The third kappa shape index (κ3) is 5.30. The van der Waals surface area contributed by atoms with Gasteiger partial charge < -0.3 is 10.1 Å². The molecule has 0 radical (unpaired) electrons. The van der Waals surface area contributed by atoms with Crippen LogP contribution >= 0.6 is 15.9 Å². The molecule has 8 heteroatoms. The molecule has 6 nitrogen and oxygen atoms in total. The second-order valence-corrected chi connectivity index (χ2v) is 8.25. The van der Waals surface area contributed by atoms with Crippen molar-refractivity contribution in [3.63, 3.8) is 0 Å². The number of nitrogens with one attached hydrogen (secondary N) is 1. The number of sulfonamides is 1. The van der Waals surface area contributed by atoms with Crippen molar-refractivity contribution in [2.75, 3.05) is 25.0 Å². The number of halogens is 1. The van der Waals surface area contributed by atoms with Crippen LogP contribution < -0.4 is 10.1 Å². The molecule has 0 aliphatic carbocycles. The van der Waals surface area contributed by atoms with Gasteiger partial charge in [0.2, 0.25) is 15.9 Å². The molecule has 0 aromatic heterocycles. The van der Waals surface area contributed by atoms with E-state index in [4.69, 9.17) is 4.74 Å². The SMILES string of the molecule is CCOc1ccc(S(=O)(=O)N(CC)CC(=O)Nc2cccc(Br)c2)cc1. The molecule has 2 aromatic rings. The number of nitrogens with zero attached hydrogens (tertiary/aromatic N) is 1. The summed E-state index contributed by atoms with van der Waals surface area (Å²) in [7, 11) is -3.77. The average molecular weight is 441 g/mol. The molecule has 2 rings (SSSR count). The van der Waals surface area contributed by atoms with Crippen LogP contribution in [0, 0.1) is 0 Å². The maximum atomic E-state index is 12.8. The predicted molar refractivity (Wildman–Crippen MR) is 105 cm³/mol. The lowest BCUT2D eigenvalue weighted by molar-refractivity contribution is -0.116. The molecule has 0 aliphatic heterocycles. The van der Waals surface area contributed by atoms with Crippen LogP contribution in [0.1, 0.15) is 13.8 Å². The number of hydrogen-bond donors (Lipinski definition) is 1. The van der Waals surface area contributed by atoms with Crippen molar-refractivity contribution in [2.45, 2.75) is 18.7 Å². The predicted octanol–water partition coefficient (Wildman–Crippen LogP) is 3.50. The smallest absolute Gasteiger partial charge is 0.243 e. The van der Waals surface area contributed by atoms with Gasteiger partial charge >= 0.3 is 0 Å². The number of anilines is 1. The highest BCUT2D eigenvalue weighted by molar-refractivity contribution is 9.10. The molecule has 1 amide bonds. The van der Waals surface area contributed by atoms with Crippen LogP contribution in [-0.2, 0) is 14.8 Å². The molecule has 0 bridgehead atoms. The lowest BCUT2D eigenvalue weighted by Gasteiger charge is -2.20. The van der Waals surface area contributed by atoms with Gasteiger partial charge in [-0.05, 0) is 49.4 Å². The molecule has 0 aliphatic rings. The largest absolute Gasteiger partial charge is 0.494 e. The number of amides is 1. The van der Waals surface area contributed by atoms with Crippen molar-refractivity contribution in [1.82, 2.24) is 4.31 Å². The summed E-state index contributed by atoms with van der Waals surface area (Å²) < 4.78 is 32.8. The van der Waals surface area contributed by atoms with Gasteiger partial charge in [-0.2, -0.15) is 4.31 Å². The monoisotopic (exact) mass is 440 g/mol. The zero-order valence-corrected chi connectivity index (χ0v) is 17.0. The van der Waals surface area contributed by atoms with E-state index in [0.717, 1.165) is 8.78 Å². The Bertz CT molecular complexity index is 854. The number of rotatable bonds is 8. The maximum absolute atomic E-state index is 12.8. The van der Waals surface area contributed by atoms with Crippen molar-refractivity contribution in [3.05, 3.63) is 53.0 Å². The van der Waals surface area contributed by atoms with E-state index in [0.29, 0.717) is 18.0 Å². The van der Waals surface area contributed by atoms with E-state index in [2.05, 4.69) is 21.2 Å². The molecular formula is C18H21BrN2O4S.